The maximum absolute atomic E-state index is 12.1. The van der Waals surface area contributed by atoms with Crippen LogP contribution in [0.25, 0.3) is 0 Å². The van der Waals surface area contributed by atoms with Gasteiger partial charge in [-0.3, -0.25) is 4.79 Å². The third-order valence-corrected chi connectivity index (χ3v) is 3.25. The van der Waals surface area contributed by atoms with Crippen LogP contribution in [0.4, 0.5) is 0 Å². The highest BCUT2D eigenvalue weighted by atomic mass is 16.2. The molecule has 1 unspecified atom stereocenters. The molecule has 0 aromatic carbocycles. The number of nitrogens with one attached hydrogen (secondary N) is 3. The third-order valence-electron chi connectivity index (χ3n) is 3.25. The molecule has 0 spiro atoms. The normalized spacial score (nSPS) is 24.6. The zero-order chi connectivity index (χ0) is 11.4. The fraction of sp³-hybridized carbons (Fsp3) is 0.636. The summed E-state index contributed by atoms with van der Waals surface area (Å²) in [7, 11) is 0. The van der Waals surface area contributed by atoms with Crippen molar-refractivity contribution in [3.8, 4) is 0 Å². The van der Waals surface area contributed by atoms with Gasteiger partial charge in [0.2, 0.25) is 5.91 Å². The Hall–Kier alpha value is -1.36. The molecule has 0 aliphatic carbocycles. The summed E-state index contributed by atoms with van der Waals surface area (Å²) in [6.07, 6.45) is 6.27. The molecule has 1 aromatic rings. The highest BCUT2D eigenvalue weighted by Gasteiger charge is 2.38. The number of hydrogen-bond donors (Lipinski definition) is 3. The van der Waals surface area contributed by atoms with E-state index in [1.165, 1.54) is 0 Å². The molecule has 1 saturated heterocycles. The summed E-state index contributed by atoms with van der Waals surface area (Å²) in [5.74, 6) is 0.876. The summed E-state index contributed by atoms with van der Waals surface area (Å²) >= 11 is 0. The average Bonchev–Trinajstić information content (AvgIpc) is 2.97. The van der Waals surface area contributed by atoms with E-state index in [4.69, 9.17) is 0 Å². The lowest BCUT2D eigenvalue weighted by atomic mass is 9.93. The van der Waals surface area contributed by atoms with E-state index in [0.717, 1.165) is 31.6 Å². The number of carbonyl (C=O) groups excluding carboxylic acids is 1. The molecular formula is C11H18N4O. The lowest BCUT2D eigenvalue weighted by Crippen LogP contribution is -2.52. The summed E-state index contributed by atoms with van der Waals surface area (Å²) in [5.41, 5.74) is -0.355. The van der Waals surface area contributed by atoms with Crippen LogP contribution in [0.5, 0.6) is 0 Å². The number of hydrogen-bond acceptors (Lipinski definition) is 3. The Morgan fingerprint density at radius 1 is 1.69 bits per heavy atom. The van der Waals surface area contributed by atoms with Crippen molar-refractivity contribution in [2.45, 2.75) is 38.3 Å². The van der Waals surface area contributed by atoms with Gasteiger partial charge in [-0.2, -0.15) is 0 Å². The standard InChI is InChI=1S/C11H18N4O/c1-2-11(4-3-5-15-11)10(16)14-8-9-12-6-7-13-9/h6-7,15H,2-5,8H2,1H3,(H,12,13)(H,14,16). The Labute approximate surface area is 95.0 Å². The van der Waals surface area contributed by atoms with Crippen molar-refractivity contribution in [3.63, 3.8) is 0 Å². The lowest BCUT2D eigenvalue weighted by molar-refractivity contribution is -0.127. The fourth-order valence-electron chi connectivity index (χ4n) is 2.19. The quantitative estimate of drug-likeness (QED) is 0.697. The minimum Gasteiger partial charge on any atom is -0.347 e. The zero-order valence-electron chi connectivity index (χ0n) is 9.55. The van der Waals surface area contributed by atoms with E-state index < -0.39 is 0 Å². The second-order valence-electron chi connectivity index (χ2n) is 4.18. The van der Waals surface area contributed by atoms with Crippen molar-refractivity contribution in [2.75, 3.05) is 6.54 Å². The summed E-state index contributed by atoms with van der Waals surface area (Å²) in [6, 6.07) is 0. The van der Waals surface area contributed by atoms with Crippen LogP contribution in [-0.2, 0) is 11.3 Å². The van der Waals surface area contributed by atoms with E-state index >= 15 is 0 Å². The summed E-state index contributed by atoms with van der Waals surface area (Å²) in [5, 5.41) is 6.23. The van der Waals surface area contributed by atoms with Crippen molar-refractivity contribution in [3.05, 3.63) is 18.2 Å². The van der Waals surface area contributed by atoms with E-state index in [-0.39, 0.29) is 11.4 Å². The molecule has 1 fully saturated rings. The van der Waals surface area contributed by atoms with Crippen LogP contribution >= 0.6 is 0 Å². The van der Waals surface area contributed by atoms with Gasteiger partial charge >= 0.3 is 0 Å². The molecule has 1 amide bonds. The predicted octanol–water partition coefficient (Wildman–Crippen LogP) is 0.558. The number of aromatic nitrogens is 2. The molecule has 1 aromatic heterocycles. The second-order valence-corrected chi connectivity index (χ2v) is 4.18. The molecule has 1 aliphatic rings. The highest BCUT2D eigenvalue weighted by Crippen LogP contribution is 2.22. The van der Waals surface area contributed by atoms with Gasteiger partial charge in [-0.25, -0.2) is 4.98 Å². The number of H-pyrrole nitrogens is 1. The SMILES string of the molecule is CCC1(C(=O)NCc2ncc[nH]2)CCCN1. The Morgan fingerprint density at radius 2 is 2.56 bits per heavy atom. The Balaban J connectivity index is 1.91. The molecule has 2 heterocycles. The first kappa shape index (κ1) is 11.1. The van der Waals surface area contributed by atoms with Crippen molar-refractivity contribution >= 4 is 5.91 Å². The Morgan fingerprint density at radius 3 is 3.12 bits per heavy atom. The predicted molar refractivity (Wildman–Crippen MR) is 60.7 cm³/mol. The van der Waals surface area contributed by atoms with E-state index in [1.807, 2.05) is 6.92 Å². The topological polar surface area (TPSA) is 69.8 Å². The fourth-order valence-corrected chi connectivity index (χ4v) is 2.19. The number of aromatic amines is 1. The van der Waals surface area contributed by atoms with Gasteiger partial charge < -0.3 is 15.6 Å². The van der Waals surface area contributed by atoms with E-state index in [0.29, 0.717) is 6.54 Å². The minimum atomic E-state index is -0.355. The van der Waals surface area contributed by atoms with Crippen LogP contribution in [0.3, 0.4) is 0 Å². The molecule has 5 nitrogen and oxygen atoms in total. The van der Waals surface area contributed by atoms with Crippen LogP contribution in [0.2, 0.25) is 0 Å². The van der Waals surface area contributed by atoms with Crippen LogP contribution in [0, 0.1) is 0 Å². The van der Waals surface area contributed by atoms with E-state index in [2.05, 4.69) is 20.6 Å². The molecule has 88 valence electrons. The molecule has 0 saturated carbocycles. The molecule has 16 heavy (non-hydrogen) atoms. The van der Waals surface area contributed by atoms with Crippen LogP contribution < -0.4 is 10.6 Å². The van der Waals surface area contributed by atoms with Crippen molar-refractivity contribution in [1.29, 1.82) is 0 Å². The molecular weight excluding hydrogens is 204 g/mol. The Kier molecular flexibility index (Phi) is 3.24. The summed E-state index contributed by atoms with van der Waals surface area (Å²) in [4.78, 5) is 19.1. The Bertz CT molecular complexity index is 341. The van der Waals surface area contributed by atoms with E-state index in [9.17, 15) is 4.79 Å². The van der Waals surface area contributed by atoms with Gasteiger partial charge in [-0.1, -0.05) is 6.92 Å². The van der Waals surface area contributed by atoms with Gasteiger partial charge in [0.25, 0.3) is 0 Å². The molecule has 1 aliphatic heterocycles. The molecule has 0 radical (unpaired) electrons. The largest absolute Gasteiger partial charge is 0.347 e. The van der Waals surface area contributed by atoms with Crippen LogP contribution in [0.1, 0.15) is 32.0 Å². The average molecular weight is 222 g/mol. The highest BCUT2D eigenvalue weighted by molar-refractivity contribution is 5.86. The first-order chi connectivity index (χ1) is 7.77. The number of carbonyl (C=O) groups is 1. The molecule has 3 N–H and O–H groups in total. The van der Waals surface area contributed by atoms with Crippen molar-refractivity contribution in [2.24, 2.45) is 0 Å². The summed E-state index contributed by atoms with van der Waals surface area (Å²) < 4.78 is 0. The smallest absolute Gasteiger partial charge is 0.240 e. The monoisotopic (exact) mass is 222 g/mol. The van der Waals surface area contributed by atoms with Crippen molar-refractivity contribution in [1.82, 2.24) is 20.6 Å². The van der Waals surface area contributed by atoms with Gasteiger partial charge in [0.1, 0.15) is 5.82 Å². The molecule has 0 bridgehead atoms. The lowest BCUT2D eigenvalue weighted by Gasteiger charge is -2.26. The summed E-state index contributed by atoms with van der Waals surface area (Å²) in [6.45, 7) is 3.45. The van der Waals surface area contributed by atoms with Gasteiger partial charge in [0.15, 0.2) is 0 Å². The number of imidazole rings is 1. The third kappa shape index (κ3) is 2.09. The zero-order valence-corrected chi connectivity index (χ0v) is 9.55. The second kappa shape index (κ2) is 4.65. The first-order valence-electron chi connectivity index (χ1n) is 5.78. The minimum absolute atomic E-state index is 0.0869. The van der Waals surface area contributed by atoms with Gasteiger partial charge in [-0.15, -0.1) is 0 Å². The molecule has 1 atom stereocenters. The van der Waals surface area contributed by atoms with Crippen molar-refractivity contribution < 1.29 is 4.79 Å². The van der Waals surface area contributed by atoms with Crippen LogP contribution in [0.15, 0.2) is 12.4 Å². The first-order valence-corrected chi connectivity index (χ1v) is 5.78. The van der Waals surface area contributed by atoms with E-state index in [1.54, 1.807) is 12.4 Å². The molecule has 2 rings (SSSR count). The maximum atomic E-state index is 12.1. The number of amides is 1. The maximum Gasteiger partial charge on any atom is 0.240 e. The van der Waals surface area contributed by atoms with Crippen LogP contribution in [-0.4, -0.2) is 28.0 Å². The number of rotatable bonds is 4. The van der Waals surface area contributed by atoms with Gasteiger partial charge in [-0.05, 0) is 25.8 Å². The number of nitrogens with zero attached hydrogens (tertiary/aromatic N) is 1. The van der Waals surface area contributed by atoms with Gasteiger partial charge in [0.05, 0.1) is 12.1 Å². The van der Waals surface area contributed by atoms with Gasteiger partial charge in [0, 0.05) is 12.4 Å². The molecule has 5 heteroatoms.